The number of rotatable bonds is 7. The van der Waals surface area contributed by atoms with Crippen LogP contribution in [-0.2, 0) is 9.59 Å². The lowest BCUT2D eigenvalue weighted by Gasteiger charge is -2.16. The highest BCUT2D eigenvalue weighted by Crippen LogP contribution is 2.38. The van der Waals surface area contributed by atoms with Crippen LogP contribution in [0.1, 0.15) is 5.56 Å². The zero-order chi connectivity index (χ0) is 23.5. The highest BCUT2D eigenvalue weighted by Gasteiger charge is 2.41. The van der Waals surface area contributed by atoms with Gasteiger partial charge in [0.2, 0.25) is 0 Å². The number of benzene rings is 3. The number of imide groups is 1. The van der Waals surface area contributed by atoms with Gasteiger partial charge < -0.3 is 19.5 Å². The number of hydrogen-bond acceptors (Lipinski definition) is 6. The number of carbonyl (C=O) groups is 2. The third-order valence-electron chi connectivity index (χ3n) is 5.19. The first-order valence-corrected chi connectivity index (χ1v) is 10.4. The zero-order valence-electron chi connectivity index (χ0n) is 18.2. The van der Waals surface area contributed by atoms with Gasteiger partial charge in [0.1, 0.15) is 22.9 Å². The summed E-state index contributed by atoms with van der Waals surface area (Å²) in [6.45, 7) is 0. The summed E-state index contributed by atoms with van der Waals surface area (Å²) in [6.07, 6.45) is 0. The van der Waals surface area contributed by atoms with Gasteiger partial charge in [0.15, 0.2) is 0 Å². The van der Waals surface area contributed by atoms with Crippen LogP contribution >= 0.6 is 11.6 Å². The molecule has 1 heterocycles. The molecule has 3 aromatic carbocycles. The Kier molecular flexibility index (Phi) is 6.24. The van der Waals surface area contributed by atoms with Gasteiger partial charge in [-0.15, -0.1) is 0 Å². The van der Waals surface area contributed by atoms with Gasteiger partial charge >= 0.3 is 0 Å². The number of para-hydroxylation sites is 1. The molecule has 0 aliphatic carbocycles. The Balaban J connectivity index is 1.85. The third kappa shape index (κ3) is 4.10. The monoisotopic (exact) mass is 464 g/mol. The van der Waals surface area contributed by atoms with E-state index in [9.17, 15) is 9.59 Å². The molecule has 1 aliphatic heterocycles. The van der Waals surface area contributed by atoms with E-state index in [2.05, 4.69) is 5.32 Å². The molecule has 0 saturated carbocycles. The lowest BCUT2D eigenvalue weighted by Crippen LogP contribution is -2.32. The second kappa shape index (κ2) is 9.26. The van der Waals surface area contributed by atoms with Crippen molar-refractivity contribution in [1.29, 1.82) is 0 Å². The van der Waals surface area contributed by atoms with Crippen LogP contribution in [0.4, 0.5) is 11.4 Å². The summed E-state index contributed by atoms with van der Waals surface area (Å²) in [5.41, 5.74) is 1.70. The fourth-order valence-electron chi connectivity index (χ4n) is 3.62. The van der Waals surface area contributed by atoms with Crippen molar-refractivity contribution in [2.45, 2.75) is 0 Å². The smallest absolute Gasteiger partial charge is 0.282 e. The minimum atomic E-state index is -0.513. The molecular weight excluding hydrogens is 444 g/mol. The van der Waals surface area contributed by atoms with Crippen LogP contribution in [-0.4, -0.2) is 33.1 Å². The number of halogens is 1. The number of hydrogen-bond donors (Lipinski definition) is 1. The fraction of sp³-hybridized carbons (Fsp3) is 0.120. The standard InChI is InChI=1S/C25H21ClN2O5/c1-31-17-8-6-7-16(14-17)28-24(29)22(18-9-4-5-10-20(18)32-2)23(25(28)30)27-15-11-12-21(33-3)19(26)13-15/h4-14,27H,1-3H3. The van der Waals surface area contributed by atoms with Gasteiger partial charge in [-0.25, -0.2) is 4.90 Å². The van der Waals surface area contributed by atoms with Gasteiger partial charge in [0, 0.05) is 17.3 Å². The Morgan fingerprint density at radius 1 is 0.788 bits per heavy atom. The van der Waals surface area contributed by atoms with E-state index in [1.54, 1.807) is 66.7 Å². The average molecular weight is 465 g/mol. The number of amides is 2. The van der Waals surface area contributed by atoms with Gasteiger partial charge in [-0.2, -0.15) is 0 Å². The number of nitrogens with zero attached hydrogens (tertiary/aromatic N) is 1. The van der Waals surface area contributed by atoms with Crippen molar-refractivity contribution in [3.63, 3.8) is 0 Å². The summed E-state index contributed by atoms with van der Waals surface area (Å²) < 4.78 is 15.9. The van der Waals surface area contributed by atoms with Crippen molar-refractivity contribution >= 4 is 40.4 Å². The molecule has 33 heavy (non-hydrogen) atoms. The van der Waals surface area contributed by atoms with Crippen LogP contribution in [0.25, 0.3) is 5.57 Å². The Morgan fingerprint density at radius 3 is 2.24 bits per heavy atom. The van der Waals surface area contributed by atoms with Crippen LogP contribution in [0.15, 0.2) is 72.4 Å². The van der Waals surface area contributed by atoms with Crippen molar-refractivity contribution in [3.05, 3.63) is 83.0 Å². The SMILES string of the molecule is COc1cccc(N2C(=O)C(Nc3ccc(OC)c(Cl)c3)=C(c3ccccc3OC)C2=O)c1. The van der Waals surface area contributed by atoms with E-state index in [0.717, 1.165) is 4.90 Å². The highest BCUT2D eigenvalue weighted by molar-refractivity contribution is 6.46. The Bertz CT molecular complexity index is 1270. The summed E-state index contributed by atoms with van der Waals surface area (Å²) in [7, 11) is 4.55. The molecule has 0 fully saturated rings. The number of ether oxygens (including phenoxy) is 3. The molecule has 4 rings (SSSR count). The lowest BCUT2D eigenvalue weighted by atomic mass is 10.0. The van der Waals surface area contributed by atoms with Gasteiger partial charge in [-0.3, -0.25) is 9.59 Å². The van der Waals surface area contributed by atoms with E-state index < -0.39 is 11.8 Å². The Morgan fingerprint density at radius 2 is 1.55 bits per heavy atom. The fourth-order valence-corrected chi connectivity index (χ4v) is 3.88. The summed E-state index contributed by atoms with van der Waals surface area (Å²) in [5.74, 6) is 0.484. The first-order chi connectivity index (χ1) is 16.0. The average Bonchev–Trinajstić information content (AvgIpc) is 3.08. The van der Waals surface area contributed by atoms with Crippen LogP contribution in [0.5, 0.6) is 17.2 Å². The van der Waals surface area contributed by atoms with Gasteiger partial charge in [0.05, 0.1) is 37.6 Å². The molecule has 0 atom stereocenters. The number of methoxy groups -OCH3 is 3. The van der Waals surface area contributed by atoms with Crippen LogP contribution in [0.3, 0.4) is 0 Å². The maximum absolute atomic E-state index is 13.6. The summed E-state index contributed by atoms with van der Waals surface area (Å²) in [5, 5.41) is 3.45. The van der Waals surface area contributed by atoms with Gasteiger partial charge in [0.25, 0.3) is 11.8 Å². The van der Waals surface area contributed by atoms with Crippen LogP contribution in [0, 0.1) is 0 Å². The third-order valence-corrected chi connectivity index (χ3v) is 5.49. The number of nitrogens with one attached hydrogen (secondary N) is 1. The molecule has 8 heteroatoms. The molecule has 0 bridgehead atoms. The molecule has 0 aromatic heterocycles. The summed E-state index contributed by atoms with van der Waals surface area (Å²) >= 11 is 6.26. The predicted octanol–water partition coefficient (Wildman–Crippen LogP) is 4.76. The molecule has 1 N–H and O–H groups in total. The van der Waals surface area contributed by atoms with Crippen molar-refractivity contribution in [2.75, 3.05) is 31.5 Å². The van der Waals surface area contributed by atoms with E-state index in [0.29, 0.717) is 39.2 Å². The lowest BCUT2D eigenvalue weighted by molar-refractivity contribution is -0.120. The van der Waals surface area contributed by atoms with E-state index in [-0.39, 0.29) is 11.3 Å². The van der Waals surface area contributed by atoms with Crippen LogP contribution < -0.4 is 24.4 Å². The van der Waals surface area contributed by atoms with Crippen molar-refractivity contribution in [3.8, 4) is 17.2 Å². The number of anilines is 2. The maximum Gasteiger partial charge on any atom is 0.282 e. The topological polar surface area (TPSA) is 77.1 Å². The molecule has 2 amide bonds. The second-order valence-electron chi connectivity index (χ2n) is 7.07. The van der Waals surface area contributed by atoms with Crippen molar-refractivity contribution in [2.24, 2.45) is 0 Å². The Hall–Kier alpha value is -3.97. The zero-order valence-corrected chi connectivity index (χ0v) is 19.0. The van der Waals surface area contributed by atoms with E-state index >= 15 is 0 Å². The summed E-state index contributed by atoms with van der Waals surface area (Å²) in [6, 6.07) is 18.8. The Labute approximate surface area is 196 Å². The highest BCUT2D eigenvalue weighted by atomic mass is 35.5. The van der Waals surface area contributed by atoms with E-state index in [1.165, 1.54) is 21.3 Å². The van der Waals surface area contributed by atoms with E-state index in [4.69, 9.17) is 25.8 Å². The molecule has 3 aromatic rings. The number of carbonyl (C=O) groups excluding carboxylic acids is 2. The minimum absolute atomic E-state index is 0.105. The largest absolute Gasteiger partial charge is 0.497 e. The molecule has 1 aliphatic rings. The van der Waals surface area contributed by atoms with Gasteiger partial charge in [-0.1, -0.05) is 35.9 Å². The molecule has 168 valence electrons. The van der Waals surface area contributed by atoms with E-state index in [1.807, 2.05) is 0 Å². The predicted molar refractivity (Wildman–Crippen MR) is 127 cm³/mol. The van der Waals surface area contributed by atoms with Crippen molar-refractivity contribution < 1.29 is 23.8 Å². The minimum Gasteiger partial charge on any atom is -0.497 e. The first-order valence-electron chi connectivity index (χ1n) is 9.99. The molecule has 0 radical (unpaired) electrons. The second-order valence-corrected chi connectivity index (χ2v) is 7.48. The molecule has 7 nitrogen and oxygen atoms in total. The van der Waals surface area contributed by atoms with Crippen LogP contribution in [0.2, 0.25) is 5.02 Å². The molecular formula is C25H21ClN2O5. The maximum atomic E-state index is 13.6. The summed E-state index contributed by atoms with van der Waals surface area (Å²) in [4.78, 5) is 28.3. The first kappa shape index (κ1) is 22.2. The normalized spacial score (nSPS) is 13.4. The van der Waals surface area contributed by atoms with Gasteiger partial charge in [-0.05, 0) is 36.4 Å². The molecule has 0 unspecified atom stereocenters. The van der Waals surface area contributed by atoms with Crippen molar-refractivity contribution in [1.82, 2.24) is 0 Å². The quantitative estimate of drug-likeness (QED) is 0.508. The molecule has 0 spiro atoms. The molecule has 0 saturated heterocycles.